The van der Waals surface area contributed by atoms with Crippen LogP contribution < -0.4 is 10.6 Å². The van der Waals surface area contributed by atoms with E-state index in [1.54, 1.807) is 22.7 Å². The Hall–Kier alpha value is -0.710. The highest BCUT2D eigenvalue weighted by molar-refractivity contribution is 14.0. The van der Waals surface area contributed by atoms with E-state index in [2.05, 4.69) is 20.6 Å². The highest BCUT2D eigenvalue weighted by Crippen LogP contribution is 2.24. The van der Waals surface area contributed by atoms with Crippen molar-refractivity contribution in [2.24, 2.45) is 4.99 Å². The summed E-state index contributed by atoms with van der Waals surface area (Å²) in [6, 6.07) is 3.89. The van der Waals surface area contributed by atoms with Crippen molar-refractivity contribution < 1.29 is 5.11 Å². The Morgan fingerprint density at radius 3 is 2.78 bits per heavy atom. The summed E-state index contributed by atoms with van der Waals surface area (Å²) in [5.41, 5.74) is -0.911. The molecule has 23 heavy (non-hydrogen) atoms. The van der Waals surface area contributed by atoms with Gasteiger partial charge in [0.1, 0.15) is 5.60 Å². The second-order valence-electron chi connectivity index (χ2n) is 5.15. The molecular weight excluding hydrogens is 443 g/mol. The smallest absolute Gasteiger partial charge is 0.191 e. The minimum Gasteiger partial charge on any atom is -0.383 e. The van der Waals surface area contributed by atoms with Crippen LogP contribution in [0.3, 0.4) is 0 Å². The number of halogens is 1. The second kappa shape index (κ2) is 9.55. The van der Waals surface area contributed by atoms with Crippen molar-refractivity contribution >= 4 is 52.6 Å². The fourth-order valence-electron chi connectivity index (χ4n) is 1.91. The van der Waals surface area contributed by atoms with Crippen LogP contribution in [-0.2, 0) is 12.1 Å². The summed E-state index contributed by atoms with van der Waals surface area (Å²) in [5, 5.41) is 19.9. The molecule has 2 aromatic heterocycles. The molecule has 0 amide bonds. The highest BCUT2D eigenvalue weighted by atomic mass is 127. The van der Waals surface area contributed by atoms with E-state index in [9.17, 15) is 5.11 Å². The van der Waals surface area contributed by atoms with Crippen molar-refractivity contribution in [3.63, 3.8) is 0 Å². The summed E-state index contributed by atoms with van der Waals surface area (Å²) >= 11 is 3.20. The van der Waals surface area contributed by atoms with Gasteiger partial charge in [0.2, 0.25) is 0 Å². The van der Waals surface area contributed by atoms with E-state index in [4.69, 9.17) is 0 Å². The highest BCUT2D eigenvalue weighted by Gasteiger charge is 2.24. The lowest BCUT2D eigenvalue weighted by molar-refractivity contribution is 0.0655. The van der Waals surface area contributed by atoms with Gasteiger partial charge in [-0.15, -0.1) is 46.7 Å². The van der Waals surface area contributed by atoms with Crippen molar-refractivity contribution in [2.75, 3.05) is 13.1 Å². The maximum Gasteiger partial charge on any atom is 0.191 e. The van der Waals surface area contributed by atoms with E-state index in [0.29, 0.717) is 19.0 Å². The van der Waals surface area contributed by atoms with Gasteiger partial charge in [0, 0.05) is 22.5 Å². The molecule has 1 unspecified atom stereocenters. The number of guanidine groups is 1. The predicted octanol–water partition coefficient (Wildman–Crippen LogP) is 3.09. The van der Waals surface area contributed by atoms with Gasteiger partial charge < -0.3 is 15.7 Å². The lowest BCUT2D eigenvalue weighted by Crippen LogP contribution is -2.44. The number of hydrogen-bond acceptors (Lipinski definition) is 5. The van der Waals surface area contributed by atoms with Gasteiger partial charge in [-0.3, -0.25) is 0 Å². The molecule has 0 spiro atoms. The van der Waals surface area contributed by atoms with Crippen molar-refractivity contribution in [1.82, 2.24) is 15.6 Å². The van der Waals surface area contributed by atoms with E-state index < -0.39 is 5.60 Å². The van der Waals surface area contributed by atoms with Crippen LogP contribution >= 0.6 is 46.7 Å². The van der Waals surface area contributed by atoms with Crippen molar-refractivity contribution in [1.29, 1.82) is 0 Å². The Morgan fingerprint density at radius 1 is 1.43 bits per heavy atom. The van der Waals surface area contributed by atoms with Gasteiger partial charge in [0.05, 0.1) is 18.1 Å². The minimum atomic E-state index is -0.911. The zero-order valence-corrected chi connectivity index (χ0v) is 17.5. The number of rotatable bonds is 6. The lowest BCUT2D eigenvalue weighted by Gasteiger charge is -2.23. The molecule has 0 aliphatic rings. The fraction of sp³-hybridized carbons (Fsp3) is 0.467. The summed E-state index contributed by atoms with van der Waals surface area (Å²) in [6.07, 6.45) is 1.86. The number of nitrogens with one attached hydrogen (secondary N) is 2. The maximum absolute atomic E-state index is 10.5. The number of hydrogen-bond donors (Lipinski definition) is 3. The molecule has 0 fully saturated rings. The number of aryl methyl sites for hydroxylation is 1. The molecule has 0 aliphatic carbocycles. The molecule has 2 heterocycles. The van der Waals surface area contributed by atoms with Gasteiger partial charge in [-0.25, -0.2) is 9.98 Å². The molecule has 0 aliphatic heterocycles. The molecular formula is C15H23IN4OS2. The first kappa shape index (κ1) is 20.3. The van der Waals surface area contributed by atoms with Crippen LogP contribution in [0, 0.1) is 6.92 Å². The minimum absolute atomic E-state index is 0. The zero-order valence-electron chi connectivity index (χ0n) is 13.5. The van der Waals surface area contributed by atoms with E-state index >= 15 is 0 Å². The molecule has 0 saturated carbocycles. The fourth-order valence-corrected chi connectivity index (χ4v) is 3.41. The monoisotopic (exact) mass is 466 g/mol. The Kier molecular flexibility index (Phi) is 8.45. The number of nitrogens with zero attached hydrogens (tertiary/aromatic N) is 2. The summed E-state index contributed by atoms with van der Waals surface area (Å²) in [6.45, 7) is 7.57. The molecule has 8 heteroatoms. The first-order valence-electron chi connectivity index (χ1n) is 7.21. The summed E-state index contributed by atoms with van der Waals surface area (Å²) in [4.78, 5) is 10.8. The number of aliphatic hydroxyl groups is 1. The largest absolute Gasteiger partial charge is 0.383 e. The molecule has 0 aromatic carbocycles. The third-order valence-corrected chi connectivity index (χ3v) is 5.08. The molecule has 3 N–H and O–H groups in total. The number of thiophene rings is 1. The Balaban J connectivity index is 0.00000264. The molecule has 0 saturated heterocycles. The topological polar surface area (TPSA) is 69.5 Å². The second-order valence-corrected chi connectivity index (χ2v) is 7.41. The van der Waals surface area contributed by atoms with Crippen LogP contribution in [0.5, 0.6) is 0 Å². The van der Waals surface area contributed by atoms with Gasteiger partial charge in [0.25, 0.3) is 0 Å². The van der Waals surface area contributed by atoms with Crippen LogP contribution in [0.15, 0.2) is 28.7 Å². The van der Waals surface area contributed by atoms with E-state index in [1.807, 2.05) is 44.5 Å². The van der Waals surface area contributed by atoms with Crippen molar-refractivity contribution in [3.8, 4) is 0 Å². The van der Waals surface area contributed by atoms with Gasteiger partial charge in [-0.2, -0.15) is 0 Å². The van der Waals surface area contributed by atoms with E-state index in [1.165, 1.54) is 0 Å². The lowest BCUT2D eigenvalue weighted by atomic mass is 10.1. The molecule has 0 bridgehead atoms. The van der Waals surface area contributed by atoms with Crippen LogP contribution in [0.25, 0.3) is 0 Å². The van der Waals surface area contributed by atoms with Gasteiger partial charge >= 0.3 is 0 Å². The quantitative estimate of drug-likeness (QED) is 0.348. The maximum atomic E-state index is 10.5. The summed E-state index contributed by atoms with van der Waals surface area (Å²) < 4.78 is 0. The normalized spacial score (nSPS) is 14.0. The molecule has 0 radical (unpaired) electrons. The average molecular weight is 466 g/mol. The van der Waals surface area contributed by atoms with Gasteiger partial charge in [0.15, 0.2) is 5.96 Å². The Morgan fingerprint density at radius 2 is 2.22 bits per heavy atom. The number of aliphatic imine (C=N–C) groups is 1. The van der Waals surface area contributed by atoms with E-state index in [-0.39, 0.29) is 24.0 Å². The third kappa shape index (κ3) is 6.36. The molecule has 128 valence electrons. The zero-order chi connectivity index (χ0) is 16.0. The predicted molar refractivity (Wildman–Crippen MR) is 109 cm³/mol. The summed E-state index contributed by atoms with van der Waals surface area (Å²) in [5.74, 6) is 0.699. The number of aromatic nitrogens is 1. The van der Waals surface area contributed by atoms with Crippen LogP contribution in [0.1, 0.15) is 28.6 Å². The third-order valence-electron chi connectivity index (χ3n) is 3.06. The van der Waals surface area contributed by atoms with Crippen molar-refractivity contribution in [3.05, 3.63) is 38.5 Å². The molecule has 5 nitrogen and oxygen atoms in total. The van der Waals surface area contributed by atoms with E-state index in [0.717, 1.165) is 21.3 Å². The summed E-state index contributed by atoms with van der Waals surface area (Å²) in [7, 11) is 0. The SMILES string of the molecule is CCNC(=NCc1cnc(C)s1)NCC(C)(O)c1cccs1.I. The first-order chi connectivity index (χ1) is 10.5. The molecule has 1 atom stereocenters. The Labute approximate surface area is 162 Å². The van der Waals surface area contributed by atoms with Crippen LogP contribution in [-0.4, -0.2) is 29.1 Å². The van der Waals surface area contributed by atoms with Crippen molar-refractivity contribution in [2.45, 2.75) is 32.9 Å². The first-order valence-corrected chi connectivity index (χ1v) is 8.90. The number of thiazole rings is 1. The Bertz CT molecular complexity index is 611. The van der Waals surface area contributed by atoms with Gasteiger partial charge in [-0.05, 0) is 32.2 Å². The standard InChI is InChI=1S/C15H22N4OS2.HI/c1-4-16-14(18-9-12-8-17-11(2)22-12)19-10-15(3,20)13-6-5-7-21-13;/h5-8,20H,4,9-10H2,1-3H3,(H2,16,18,19);1H. The van der Waals surface area contributed by atoms with Gasteiger partial charge in [-0.1, -0.05) is 6.07 Å². The molecule has 2 aromatic rings. The van der Waals surface area contributed by atoms with Crippen LogP contribution in [0.2, 0.25) is 0 Å². The van der Waals surface area contributed by atoms with Crippen LogP contribution in [0.4, 0.5) is 0 Å². The average Bonchev–Trinajstić information content (AvgIpc) is 3.13. The molecule has 2 rings (SSSR count).